The second kappa shape index (κ2) is 7.72. The van der Waals surface area contributed by atoms with Crippen LogP contribution in [0.2, 0.25) is 0 Å². The van der Waals surface area contributed by atoms with Gasteiger partial charge in [-0.1, -0.05) is 60.7 Å². The molecule has 2 N–H and O–H groups in total. The smallest absolute Gasteiger partial charge is 0.240 e. The first-order valence-corrected chi connectivity index (χ1v) is 9.42. The van der Waals surface area contributed by atoms with Gasteiger partial charge in [-0.3, -0.25) is 14.2 Å². The molecule has 4 aromatic rings. The fourth-order valence-corrected chi connectivity index (χ4v) is 3.46. The van der Waals surface area contributed by atoms with Crippen molar-refractivity contribution in [1.29, 1.82) is 0 Å². The first-order valence-electron chi connectivity index (χ1n) is 9.42. The molecular formula is C25H19NO4. The molecule has 0 radical (unpaired) electrons. The Kier molecular flexibility index (Phi) is 4.94. The summed E-state index contributed by atoms with van der Waals surface area (Å²) in [7, 11) is 0. The van der Waals surface area contributed by atoms with Gasteiger partial charge in [0.25, 0.3) is 0 Å². The van der Waals surface area contributed by atoms with Crippen LogP contribution in [-0.4, -0.2) is 26.3 Å². The largest absolute Gasteiger partial charge is 0.503 e. The van der Waals surface area contributed by atoms with E-state index in [2.05, 4.69) is 0 Å². The Balaban J connectivity index is 1.99. The number of ketones is 2. The van der Waals surface area contributed by atoms with Crippen LogP contribution < -0.4 is 0 Å². The first kappa shape index (κ1) is 19.2. The van der Waals surface area contributed by atoms with Crippen molar-refractivity contribution in [1.82, 2.24) is 4.57 Å². The van der Waals surface area contributed by atoms with Gasteiger partial charge < -0.3 is 10.2 Å². The molecule has 5 nitrogen and oxygen atoms in total. The highest BCUT2D eigenvalue weighted by Gasteiger charge is 2.29. The Bertz CT molecular complexity index is 1220. The van der Waals surface area contributed by atoms with Crippen molar-refractivity contribution in [2.45, 2.75) is 6.92 Å². The van der Waals surface area contributed by atoms with Gasteiger partial charge in [-0.25, -0.2) is 0 Å². The van der Waals surface area contributed by atoms with E-state index in [4.69, 9.17) is 0 Å². The van der Waals surface area contributed by atoms with E-state index in [1.54, 1.807) is 66.7 Å². The summed E-state index contributed by atoms with van der Waals surface area (Å²) in [5, 5.41) is 21.5. The number of hydrogen-bond donors (Lipinski definition) is 2. The summed E-state index contributed by atoms with van der Waals surface area (Å²) in [5.41, 5.74) is 2.47. The maximum atomic E-state index is 13.3. The minimum Gasteiger partial charge on any atom is -0.503 e. The summed E-state index contributed by atoms with van der Waals surface area (Å²) >= 11 is 0. The SMILES string of the molecule is CC(=O)c1ccc(-n2c(O)c(O)c(C(=O)c3ccccc3)c2-c2ccccc2)cc1. The van der Waals surface area contributed by atoms with E-state index in [0.29, 0.717) is 28.1 Å². The molecule has 30 heavy (non-hydrogen) atoms. The van der Waals surface area contributed by atoms with Gasteiger partial charge in [0.15, 0.2) is 17.3 Å². The van der Waals surface area contributed by atoms with Crippen LogP contribution in [0.1, 0.15) is 33.2 Å². The average molecular weight is 397 g/mol. The number of benzene rings is 3. The number of rotatable bonds is 5. The van der Waals surface area contributed by atoms with Gasteiger partial charge in [0.1, 0.15) is 0 Å². The molecule has 0 amide bonds. The average Bonchev–Trinajstić information content (AvgIpc) is 3.05. The van der Waals surface area contributed by atoms with E-state index >= 15 is 0 Å². The van der Waals surface area contributed by atoms with Crippen LogP contribution in [0.25, 0.3) is 16.9 Å². The van der Waals surface area contributed by atoms with Gasteiger partial charge in [0, 0.05) is 16.8 Å². The predicted molar refractivity (Wildman–Crippen MR) is 114 cm³/mol. The quantitative estimate of drug-likeness (QED) is 0.465. The zero-order valence-corrected chi connectivity index (χ0v) is 16.2. The summed E-state index contributed by atoms with van der Waals surface area (Å²) in [5.74, 6) is -1.41. The minimum absolute atomic E-state index is 0.0144. The minimum atomic E-state index is -0.488. The van der Waals surface area contributed by atoms with Crippen LogP contribution in [0.15, 0.2) is 84.9 Å². The standard InChI is InChI=1S/C25H19NO4/c1-16(27)17-12-14-20(15-13-17)26-22(18-8-4-2-5-9-18)21(24(29)25(26)30)23(28)19-10-6-3-7-11-19/h2-15,29-30H,1H3. The fraction of sp³-hybridized carbons (Fsp3) is 0.0400. The molecule has 0 aliphatic rings. The highest BCUT2D eigenvalue weighted by molar-refractivity contribution is 6.15. The van der Waals surface area contributed by atoms with Gasteiger partial charge in [-0.05, 0) is 36.8 Å². The lowest BCUT2D eigenvalue weighted by Crippen LogP contribution is -2.05. The summed E-state index contributed by atoms with van der Waals surface area (Å²) in [6.45, 7) is 1.47. The zero-order chi connectivity index (χ0) is 21.3. The van der Waals surface area contributed by atoms with Crippen LogP contribution in [0.4, 0.5) is 0 Å². The number of carbonyl (C=O) groups excluding carboxylic acids is 2. The van der Waals surface area contributed by atoms with Crippen LogP contribution >= 0.6 is 0 Å². The molecule has 0 spiro atoms. The third kappa shape index (κ3) is 3.26. The van der Waals surface area contributed by atoms with E-state index in [1.165, 1.54) is 11.5 Å². The molecule has 148 valence electrons. The Morgan fingerprint density at radius 3 is 1.87 bits per heavy atom. The van der Waals surface area contributed by atoms with E-state index < -0.39 is 17.4 Å². The maximum absolute atomic E-state index is 13.3. The second-order valence-corrected chi connectivity index (χ2v) is 6.90. The van der Waals surface area contributed by atoms with Gasteiger partial charge in [-0.2, -0.15) is 0 Å². The van der Waals surface area contributed by atoms with Crippen LogP contribution in [-0.2, 0) is 0 Å². The van der Waals surface area contributed by atoms with Crippen molar-refractivity contribution >= 4 is 11.6 Å². The van der Waals surface area contributed by atoms with Crippen LogP contribution in [0.3, 0.4) is 0 Å². The summed E-state index contributed by atoms with van der Waals surface area (Å²) < 4.78 is 1.42. The van der Waals surface area contributed by atoms with E-state index in [0.717, 1.165) is 0 Å². The summed E-state index contributed by atoms with van der Waals surface area (Å²) in [4.78, 5) is 24.9. The Hall–Kier alpha value is -4.12. The van der Waals surface area contributed by atoms with Crippen molar-refractivity contribution in [2.24, 2.45) is 0 Å². The molecule has 0 saturated heterocycles. The molecule has 4 rings (SSSR count). The lowest BCUT2D eigenvalue weighted by molar-refractivity contribution is 0.101. The molecule has 5 heteroatoms. The number of Topliss-reactive ketones (excluding diaryl/α,β-unsaturated/α-hetero) is 1. The monoisotopic (exact) mass is 397 g/mol. The number of aromatic nitrogens is 1. The van der Waals surface area contributed by atoms with Crippen LogP contribution in [0, 0.1) is 0 Å². The lowest BCUT2D eigenvalue weighted by atomic mass is 9.99. The Morgan fingerprint density at radius 1 is 0.733 bits per heavy atom. The number of aromatic hydroxyl groups is 2. The maximum Gasteiger partial charge on any atom is 0.240 e. The summed E-state index contributed by atoms with van der Waals surface area (Å²) in [6, 6.07) is 24.3. The van der Waals surface area contributed by atoms with E-state index in [1.807, 2.05) is 18.2 Å². The van der Waals surface area contributed by atoms with Crippen molar-refractivity contribution in [3.05, 3.63) is 102 Å². The number of carbonyl (C=O) groups is 2. The van der Waals surface area contributed by atoms with Gasteiger partial charge in [0.05, 0.1) is 11.3 Å². The Morgan fingerprint density at radius 2 is 1.30 bits per heavy atom. The van der Waals surface area contributed by atoms with Crippen molar-refractivity contribution in [3.63, 3.8) is 0 Å². The third-order valence-electron chi connectivity index (χ3n) is 4.96. The third-order valence-corrected chi connectivity index (χ3v) is 4.96. The van der Waals surface area contributed by atoms with Crippen LogP contribution in [0.5, 0.6) is 11.6 Å². The molecule has 0 fully saturated rings. The second-order valence-electron chi connectivity index (χ2n) is 6.90. The highest BCUT2D eigenvalue weighted by Crippen LogP contribution is 2.43. The molecule has 0 saturated carbocycles. The molecule has 1 heterocycles. The zero-order valence-electron chi connectivity index (χ0n) is 16.2. The molecule has 0 bridgehead atoms. The highest BCUT2D eigenvalue weighted by atomic mass is 16.3. The number of hydrogen-bond acceptors (Lipinski definition) is 4. The molecule has 0 aliphatic heterocycles. The normalized spacial score (nSPS) is 10.7. The molecule has 3 aromatic carbocycles. The van der Waals surface area contributed by atoms with Gasteiger partial charge >= 0.3 is 0 Å². The topological polar surface area (TPSA) is 79.5 Å². The number of nitrogens with zero attached hydrogens (tertiary/aromatic N) is 1. The summed E-state index contributed by atoms with van der Waals surface area (Å²) in [6.07, 6.45) is 0. The Labute approximate surface area is 173 Å². The van der Waals surface area contributed by atoms with E-state index in [-0.39, 0.29) is 11.3 Å². The molecule has 0 atom stereocenters. The van der Waals surface area contributed by atoms with Gasteiger partial charge in [-0.15, -0.1) is 0 Å². The fourth-order valence-electron chi connectivity index (χ4n) is 3.46. The molecular weight excluding hydrogens is 378 g/mol. The van der Waals surface area contributed by atoms with Crippen molar-refractivity contribution < 1.29 is 19.8 Å². The van der Waals surface area contributed by atoms with Gasteiger partial charge in [0.2, 0.25) is 5.88 Å². The van der Waals surface area contributed by atoms with Crippen molar-refractivity contribution in [2.75, 3.05) is 0 Å². The van der Waals surface area contributed by atoms with E-state index in [9.17, 15) is 19.8 Å². The molecule has 0 unspecified atom stereocenters. The molecule has 1 aromatic heterocycles. The predicted octanol–water partition coefficient (Wildman–Crippen LogP) is 4.99. The lowest BCUT2D eigenvalue weighted by Gasteiger charge is -2.12. The first-order chi connectivity index (χ1) is 14.5. The van der Waals surface area contributed by atoms with Crippen molar-refractivity contribution in [3.8, 4) is 28.6 Å². The molecule has 0 aliphatic carbocycles.